The van der Waals surface area contributed by atoms with Gasteiger partial charge in [0, 0.05) is 22.8 Å². The number of nitrogens with zero attached hydrogens (tertiary/aromatic N) is 2. The summed E-state index contributed by atoms with van der Waals surface area (Å²) in [6, 6.07) is 53.7. The zero-order valence-corrected chi connectivity index (χ0v) is 23.8. The van der Waals surface area contributed by atoms with Gasteiger partial charge in [-0.2, -0.15) is 0 Å². The topological polar surface area (TPSA) is 29.3 Å². The van der Waals surface area contributed by atoms with Crippen LogP contribution in [0.2, 0.25) is 0 Å². The third-order valence-corrected chi connectivity index (χ3v) is 8.68. The summed E-state index contributed by atoms with van der Waals surface area (Å²) in [7, 11) is 0. The normalized spacial score (nSPS) is 11.6. The number of hydrogen-bond acceptors (Lipinski definition) is 3. The summed E-state index contributed by atoms with van der Waals surface area (Å²) in [6.07, 6.45) is 1.95. The standard InChI is InChI=1S/C41H26N2O/c1-2-8-27(9-3-1)28-14-19-31(20-15-28)43(33-25-40-41(42-26-33)37-12-6-7-13-39(37)44-40)32-21-16-30-18-22-35-34-11-5-4-10-29(34)17-23-36(35)38(30)24-32/h1-26H. The molecule has 9 aromatic rings. The molecule has 3 nitrogen and oxygen atoms in total. The Labute approximate surface area is 254 Å². The minimum absolute atomic E-state index is 0.771. The summed E-state index contributed by atoms with van der Waals surface area (Å²) in [5.74, 6) is 0. The Kier molecular flexibility index (Phi) is 5.50. The molecule has 7 aromatic carbocycles. The molecule has 0 unspecified atom stereocenters. The molecule has 0 aliphatic carbocycles. The van der Waals surface area contributed by atoms with E-state index in [0.717, 1.165) is 39.1 Å². The van der Waals surface area contributed by atoms with Gasteiger partial charge in [-0.3, -0.25) is 0 Å². The second kappa shape index (κ2) is 9.82. The summed E-state index contributed by atoms with van der Waals surface area (Å²) in [4.78, 5) is 7.19. The van der Waals surface area contributed by atoms with Crippen LogP contribution in [0, 0.1) is 0 Å². The number of para-hydroxylation sites is 1. The summed E-state index contributed by atoms with van der Waals surface area (Å²) in [6.45, 7) is 0. The number of benzene rings is 7. The fraction of sp³-hybridized carbons (Fsp3) is 0. The van der Waals surface area contributed by atoms with E-state index in [9.17, 15) is 0 Å². The average molecular weight is 563 g/mol. The molecular weight excluding hydrogens is 536 g/mol. The van der Waals surface area contributed by atoms with Crippen LogP contribution >= 0.6 is 0 Å². The quantitative estimate of drug-likeness (QED) is 0.200. The van der Waals surface area contributed by atoms with E-state index in [1.807, 2.05) is 30.5 Å². The van der Waals surface area contributed by atoms with Crippen molar-refractivity contribution in [1.29, 1.82) is 0 Å². The van der Waals surface area contributed by atoms with Gasteiger partial charge in [-0.05, 0) is 79.8 Å². The molecule has 0 bridgehead atoms. The molecule has 0 radical (unpaired) electrons. The first kappa shape index (κ1) is 24.6. The fourth-order valence-electron chi connectivity index (χ4n) is 6.53. The lowest BCUT2D eigenvalue weighted by atomic mass is 9.96. The maximum Gasteiger partial charge on any atom is 0.155 e. The first-order valence-electron chi connectivity index (χ1n) is 14.9. The monoisotopic (exact) mass is 562 g/mol. The van der Waals surface area contributed by atoms with Crippen LogP contribution < -0.4 is 4.90 Å². The van der Waals surface area contributed by atoms with Gasteiger partial charge in [-0.15, -0.1) is 0 Å². The minimum Gasteiger partial charge on any atom is -0.454 e. The Morgan fingerprint density at radius 2 is 1.05 bits per heavy atom. The first-order valence-corrected chi connectivity index (χ1v) is 14.9. The molecule has 0 saturated carbocycles. The molecule has 2 heterocycles. The number of aromatic nitrogens is 1. The van der Waals surface area contributed by atoms with E-state index >= 15 is 0 Å². The molecule has 206 valence electrons. The highest BCUT2D eigenvalue weighted by Crippen LogP contribution is 2.40. The molecule has 0 aliphatic rings. The summed E-state index contributed by atoms with van der Waals surface area (Å²) in [5.41, 5.74) is 7.91. The first-order chi connectivity index (χ1) is 21.8. The van der Waals surface area contributed by atoms with Crippen LogP contribution in [0.3, 0.4) is 0 Å². The van der Waals surface area contributed by atoms with Crippen molar-refractivity contribution in [2.75, 3.05) is 4.90 Å². The number of rotatable bonds is 4. The smallest absolute Gasteiger partial charge is 0.155 e. The molecule has 9 rings (SSSR count). The van der Waals surface area contributed by atoms with Gasteiger partial charge in [0.2, 0.25) is 0 Å². The van der Waals surface area contributed by atoms with Crippen LogP contribution in [-0.4, -0.2) is 4.98 Å². The number of pyridine rings is 1. The Morgan fingerprint density at radius 3 is 1.89 bits per heavy atom. The molecule has 0 aliphatic heterocycles. The number of anilines is 3. The van der Waals surface area contributed by atoms with E-state index in [1.54, 1.807) is 0 Å². The van der Waals surface area contributed by atoms with Gasteiger partial charge >= 0.3 is 0 Å². The molecule has 0 saturated heterocycles. The molecule has 0 atom stereocenters. The van der Waals surface area contributed by atoms with Crippen molar-refractivity contribution < 1.29 is 4.42 Å². The minimum atomic E-state index is 0.771. The second-order valence-corrected chi connectivity index (χ2v) is 11.2. The molecule has 0 spiro atoms. The maximum absolute atomic E-state index is 6.27. The largest absolute Gasteiger partial charge is 0.454 e. The Bertz CT molecular complexity index is 2490. The van der Waals surface area contributed by atoms with Crippen molar-refractivity contribution in [3.63, 3.8) is 0 Å². The zero-order valence-electron chi connectivity index (χ0n) is 23.8. The van der Waals surface area contributed by atoms with Crippen LogP contribution in [0.1, 0.15) is 0 Å². The Balaban J connectivity index is 1.25. The molecule has 2 aromatic heterocycles. The summed E-state index contributed by atoms with van der Waals surface area (Å²) < 4.78 is 6.27. The van der Waals surface area contributed by atoms with Crippen molar-refractivity contribution in [3.05, 3.63) is 158 Å². The van der Waals surface area contributed by atoms with Gasteiger partial charge in [-0.1, -0.05) is 109 Å². The van der Waals surface area contributed by atoms with Gasteiger partial charge in [0.05, 0.1) is 11.9 Å². The number of furan rings is 1. The van der Waals surface area contributed by atoms with Gasteiger partial charge in [0.1, 0.15) is 11.1 Å². The summed E-state index contributed by atoms with van der Waals surface area (Å²) in [5, 5.41) is 8.48. The van der Waals surface area contributed by atoms with E-state index in [4.69, 9.17) is 9.40 Å². The lowest BCUT2D eigenvalue weighted by Crippen LogP contribution is -2.10. The van der Waals surface area contributed by atoms with E-state index in [-0.39, 0.29) is 0 Å². The summed E-state index contributed by atoms with van der Waals surface area (Å²) >= 11 is 0. The highest BCUT2D eigenvalue weighted by molar-refractivity contribution is 6.18. The highest BCUT2D eigenvalue weighted by atomic mass is 16.3. The second-order valence-electron chi connectivity index (χ2n) is 11.2. The predicted molar refractivity (Wildman–Crippen MR) is 184 cm³/mol. The van der Waals surface area contributed by atoms with E-state index in [2.05, 4.69) is 132 Å². The van der Waals surface area contributed by atoms with Crippen LogP contribution in [0.4, 0.5) is 17.1 Å². The number of fused-ring (bicyclic) bond motifs is 8. The molecule has 0 fully saturated rings. The third-order valence-electron chi connectivity index (χ3n) is 8.68. The van der Waals surface area contributed by atoms with Crippen molar-refractivity contribution >= 4 is 71.4 Å². The van der Waals surface area contributed by atoms with Gasteiger partial charge in [0.15, 0.2) is 5.58 Å². The zero-order chi connectivity index (χ0) is 29.0. The van der Waals surface area contributed by atoms with Crippen molar-refractivity contribution in [2.24, 2.45) is 0 Å². The number of hydrogen-bond donors (Lipinski definition) is 0. The van der Waals surface area contributed by atoms with Gasteiger partial charge in [0.25, 0.3) is 0 Å². The van der Waals surface area contributed by atoms with Crippen molar-refractivity contribution in [1.82, 2.24) is 4.98 Å². The Hall–Kier alpha value is -5.93. The van der Waals surface area contributed by atoms with Crippen LogP contribution in [0.25, 0.3) is 65.5 Å². The molecular formula is C41H26N2O. The molecule has 3 heteroatoms. The van der Waals surface area contributed by atoms with Gasteiger partial charge in [-0.25, -0.2) is 4.98 Å². The van der Waals surface area contributed by atoms with Crippen LogP contribution in [0.15, 0.2) is 162 Å². The van der Waals surface area contributed by atoms with Crippen molar-refractivity contribution in [2.45, 2.75) is 0 Å². The third kappa shape index (κ3) is 3.94. The highest BCUT2D eigenvalue weighted by Gasteiger charge is 2.17. The lowest BCUT2D eigenvalue weighted by Gasteiger charge is -2.26. The Morgan fingerprint density at radius 1 is 0.409 bits per heavy atom. The van der Waals surface area contributed by atoms with Crippen LogP contribution in [0.5, 0.6) is 0 Å². The lowest BCUT2D eigenvalue weighted by molar-refractivity contribution is 0.668. The maximum atomic E-state index is 6.27. The molecule has 0 amide bonds. The van der Waals surface area contributed by atoms with Gasteiger partial charge < -0.3 is 9.32 Å². The SMILES string of the molecule is c1ccc(-c2ccc(N(c3cnc4c(c3)oc3ccccc34)c3ccc4ccc5c6ccccc6ccc5c4c3)cc2)cc1. The van der Waals surface area contributed by atoms with Crippen molar-refractivity contribution in [3.8, 4) is 11.1 Å². The van der Waals surface area contributed by atoms with E-state index in [1.165, 1.54) is 43.4 Å². The fourth-order valence-corrected chi connectivity index (χ4v) is 6.53. The van der Waals surface area contributed by atoms with E-state index in [0.29, 0.717) is 0 Å². The average Bonchev–Trinajstić information content (AvgIpc) is 3.47. The molecule has 0 N–H and O–H groups in total. The predicted octanol–water partition coefficient (Wildman–Crippen LogP) is 11.6. The van der Waals surface area contributed by atoms with E-state index < -0.39 is 0 Å². The van der Waals surface area contributed by atoms with Crippen LogP contribution in [-0.2, 0) is 0 Å². The molecule has 44 heavy (non-hydrogen) atoms.